The first kappa shape index (κ1) is 14.5. The van der Waals surface area contributed by atoms with E-state index >= 15 is 0 Å². The van der Waals surface area contributed by atoms with Crippen LogP contribution in [0, 0.1) is 0 Å². The first-order valence-corrected chi connectivity index (χ1v) is 6.67. The summed E-state index contributed by atoms with van der Waals surface area (Å²) >= 11 is 0. The third kappa shape index (κ3) is 5.04. The molecule has 1 aliphatic heterocycles. The lowest BCUT2D eigenvalue weighted by Gasteiger charge is -2.35. The molecule has 1 amide bonds. The highest BCUT2D eigenvalue weighted by molar-refractivity contribution is 5.75. The lowest BCUT2D eigenvalue weighted by molar-refractivity contribution is -0.131. The van der Waals surface area contributed by atoms with Crippen LogP contribution in [0.1, 0.15) is 32.6 Å². The van der Waals surface area contributed by atoms with Crippen LogP contribution in [-0.4, -0.2) is 62.1 Å². The number of carbonyl (C=O) groups is 1. The summed E-state index contributed by atoms with van der Waals surface area (Å²) < 4.78 is 5.21. The van der Waals surface area contributed by atoms with Crippen molar-refractivity contribution in [1.29, 1.82) is 0 Å². The van der Waals surface area contributed by atoms with Gasteiger partial charge in [0.2, 0.25) is 5.91 Å². The molecular weight excluding hydrogens is 216 g/mol. The lowest BCUT2D eigenvalue weighted by atomic mass is 10.0. The van der Waals surface area contributed by atoms with E-state index < -0.39 is 0 Å². The molecule has 0 saturated carbocycles. The SMILES string of the molecule is CCOCCC(=O)N(C)C[C@H]1CCCCN1C. The van der Waals surface area contributed by atoms with Crippen LogP contribution >= 0.6 is 0 Å². The molecule has 1 fully saturated rings. The van der Waals surface area contributed by atoms with Gasteiger partial charge >= 0.3 is 0 Å². The van der Waals surface area contributed by atoms with Crippen LogP contribution in [0.15, 0.2) is 0 Å². The molecule has 0 N–H and O–H groups in total. The minimum atomic E-state index is 0.192. The fraction of sp³-hybridized carbons (Fsp3) is 0.923. The minimum Gasteiger partial charge on any atom is -0.381 e. The fourth-order valence-electron chi connectivity index (χ4n) is 2.29. The molecule has 0 aromatic carbocycles. The number of hydrogen-bond acceptors (Lipinski definition) is 3. The van der Waals surface area contributed by atoms with Crippen molar-refractivity contribution in [2.24, 2.45) is 0 Å². The monoisotopic (exact) mass is 242 g/mol. The van der Waals surface area contributed by atoms with Gasteiger partial charge in [0.15, 0.2) is 0 Å². The molecule has 4 nitrogen and oxygen atoms in total. The van der Waals surface area contributed by atoms with E-state index in [0.717, 1.165) is 13.1 Å². The van der Waals surface area contributed by atoms with E-state index in [1.165, 1.54) is 19.3 Å². The van der Waals surface area contributed by atoms with E-state index in [9.17, 15) is 4.79 Å². The zero-order valence-corrected chi connectivity index (χ0v) is 11.4. The summed E-state index contributed by atoms with van der Waals surface area (Å²) in [6.45, 7) is 5.18. The third-order valence-corrected chi connectivity index (χ3v) is 3.50. The Balaban J connectivity index is 2.26. The first-order valence-electron chi connectivity index (χ1n) is 6.67. The summed E-state index contributed by atoms with van der Waals surface area (Å²) in [5.41, 5.74) is 0. The number of likely N-dealkylation sites (N-methyl/N-ethyl adjacent to an activating group) is 2. The minimum absolute atomic E-state index is 0.192. The van der Waals surface area contributed by atoms with Crippen LogP contribution in [0.5, 0.6) is 0 Å². The van der Waals surface area contributed by atoms with Gasteiger partial charge in [0.1, 0.15) is 0 Å². The largest absolute Gasteiger partial charge is 0.381 e. The summed E-state index contributed by atoms with van der Waals surface area (Å²) in [7, 11) is 4.05. The number of ether oxygens (including phenoxy) is 1. The average Bonchev–Trinajstić information content (AvgIpc) is 2.32. The van der Waals surface area contributed by atoms with Gasteiger partial charge in [0.25, 0.3) is 0 Å². The predicted molar refractivity (Wildman–Crippen MR) is 69.0 cm³/mol. The molecule has 1 atom stereocenters. The second-order valence-corrected chi connectivity index (χ2v) is 4.85. The number of nitrogens with zero attached hydrogens (tertiary/aromatic N) is 2. The molecule has 1 saturated heterocycles. The fourth-order valence-corrected chi connectivity index (χ4v) is 2.29. The number of likely N-dealkylation sites (tertiary alicyclic amines) is 1. The van der Waals surface area contributed by atoms with Crippen molar-refractivity contribution in [2.45, 2.75) is 38.6 Å². The number of hydrogen-bond donors (Lipinski definition) is 0. The smallest absolute Gasteiger partial charge is 0.224 e. The van der Waals surface area contributed by atoms with E-state index in [1.54, 1.807) is 0 Å². The van der Waals surface area contributed by atoms with Gasteiger partial charge in [-0.1, -0.05) is 6.42 Å². The molecule has 0 bridgehead atoms. The van der Waals surface area contributed by atoms with Crippen LogP contribution in [0.3, 0.4) is 0 Å². The van der Waals surface area contributed by atoms with Gasteiger partial charge in [-0.3, -0.25) is 4.79 Å². The van der Waals surface area contributed by atoms with Gasteiger partial charge in [0.05, 0.1) is 13.0 Å². The lowest BCUT2D eigenvalue weighted by Crippen LogP contribution is -2.45. The first-order chi connectivity index (χ1) is 8.15. The van der Waals surface area contributed by atoms with Gasteiger partial charge in [-0.15, -0.1) is 0 Å². The van der Waals surface area contributed by atoms with E-state index in [4.69, 9.17) is 4.74 Å². The van der Waals surface area contributed by atoms with Crippen LogP contribution in [0.25, 0.3) is 0 Å². The van der Waals surface area contributed by atoms with Gasteiger partial charge in [-0.2, -0.15) is 0 Å². The number of rotatable bonds is 6. The van der Waals surface area contributed by atoms with E-state index in [2.05, 4.69) is 11.9 Å². The molecule has 0 spiro atoms. The Morgan fingerprint density at radius 1 is 1.47 bits per heavy atom. The van der Waals surface area contributed by atoms with Crippen molar-refractivity contribution >= 4 is 5.91 Å². The Bertz CT molecular complexity index is 233. The Hall–Kier alpha value is -0.610. The molecule has 4 heteroatoms. The van der Waals surface area contributed by atoms with Crippen molar-refractivity contribution in [3.63, 3.8) is 0 Å². The van der Waals surface area contributed by atoms with Gasteiger partial charge in [-0.25, -0.2) is 0 Å². The predicted octanol–water partition coefficient (Wildman–Crippen LogP) is 1.36. The maximum atomic E-state index is 11.8. The van der Waals surface area contributed by atoms with Crippen molar-refractivity contribution in [3.05, 3.63) is 0 Å². The highest BCUT2D eigenvalue weighted by Crippen LogP contribution is 2.15. The summed E-state index contributed by atoms with van der Waals surface area (Å²) in [6, 6.07) is 0.532. The molecule has 0 radical (unpaired) electrons. The molecule has 0 aliphatic carbocycles. The Kier molecular flexibility index (Phi) is 6.52. The molecule has 0 aromatic heterocycles. The van der Waals surface area contributed by atoms with Gasteiger partial charge < -0.3 is 14.5 Å². The van der Waals surface area contributed by atoms with E-state index in [0.29, 0.717) is 25.7 Å². The molecule has 0 unspecified atom stereocenters. The number of amides is 1. The maximum absolute atomic E-state index is 11.8. The Morgan fingerprint density at radius 2 is 2.24 bits per heavy atom. The summed E-state index contributed by atoms with van der Waals surface area (Å²) in [5.74, 6) is 0.192. The molecule has 1 heterocycles. The van der Waals surface area contributed by atoms with Crippen LogP contribution in [0.2, 0.25) is 0 Å². The maximum Gasteiger partial charge on any atom is 0.224 e. The highest BCUT2D eigenvalue weighted by atomic mass is 16.5. The molecular formula is C13H26N2O2. The molecule has 0 aromatic rings. The summed E-state index contributed by atoms with van der Waals surface area (Å²) in [6.07, 6.45) is 4.28. The molecule has 1 aliphatic rings. The van der Waals surface area contributed by atoms with Crippen LogP contribution in [-0.2, 0) is 9.53 Å². The van der Waals surface area contributed by atoms with Gasteiger partial charge in [-0.05, 0) is 33.4 Å². The van der Waals surface area contributed by atoms with Crippen molar-refractivity contribution in [3.8, 4) is 0 Å². The average molecular weight is 242 g/mol. The van der Waals surface area contributed by atoms with Crippen molar-refractivity contribution < 1.29 is 9.53 Å². The van der Waals surface area contributed by atoms with E-state index in [1.807, 2.05) is 18.9 Å². The molecule has 100 valence electrons. The molecule has 1 rings (SSSR count). The Morgan fingerprint density at radius 3 is 2.88 bits per heavy atom. The quantitative estimate of drug-likeness (QED) is 0.659. The van der Waals surface area contributed by atoms with Gasteiger partial charge in [0, 0.05) is 26.2 Å². The zero-order valence-electron chi connectivity index (χ0n) is 11.4. The summed E-state index contributed by atoms with van der Waals surface area (Å²) in [4.78, 5) is 16.0. The van der Waals surface area contributed by atoms with E-state index in [-0.39, 0.29) is 5.91 Å². The van der Waals surface area contributed by atoms with Crippen molar-refractivity contribution in [2.75, 3.05) is 40.4 Å². The topological polar surface area (TPSA) is 32.8 Å². The summed E-state index contributed by atoms with van der Waals surface area (Å²) in [5, 5.41) is 0. The Labute approximate surface area is 105 Å². The number of carbonyl (C=O) groups excluding carboxylic acids is 1. The van der Waals surface area contributed by atoms with Crippen molar-refractivity contribution in [1.82, 2.24) is 9.80 Å². The van der Waals surface area contributed by atoms with Crippen LogP contribution < -0.4 is 0 Å². The standard InChI is InChI=1S/C13H26N2O2/c1-4-17-10-8-13(16)15(3)11-12-7-5-6-9-14(12)2/h12H,4-11H2,1-3H3/t12-/m1/s1. The normalized spacial score (nSPS) is 21.5. The van der Waals surface area contributed by atoms with Crippen LogP contribution in [0.4, 0.5) is 0 Å². The second kappa shape index (κ2) is 7.67. The highest BCUT2D eigenvalue weighted by Gasteiger charge is 2.21. The second-order valence-electron chi connectivity index (χ2n) is 4.85. The number of piperidine rings is 1. The third-order valence-electron chi connectivity index (χ3n) is 3.50. The zero-order chi connectivity index (χ0) is 12.7. The molecule has 17 heavy (non-hydrogen) atoms.